The first kappa shape index (κ1) is 28.6. The third-order valence-corrected chi connectivity index (χ3v) is 12.1. The van der Waals surface area contributed by atoms with Gasteiger partial charge in [-0.15, -0.1) is 0 Å². The number of rotatable bonds is 7. The van der Waals surface area contributed by atoms with Gasteiger partial charge in [-0.05, 0) is 60.7 Å². The van der Waals surface area contributed by atoms with Crippen LogP contribution in [0.1, 0.15) is 0 Å². The van der Waals surface area contributed by atoms with Crippen molar-refractivity contribution in [1.82, 2.24) is 9.97 Å². The fraction of sp³-hybridized carbons (Fsp3) is 0. The lowest BCUT2D eigenvalue weighted by atomic mass is 10.1. The van der Waals surface area contributed by atoms with Crippen molar-refractivity contribution in [1.29, 1.82) is 0 Å². The monoisotopic (exact) mass is 636 g/mol. The van der Waals surface area contributed by atoms with Crippen LogP contribution in [-0.2, 0) is 0 Å². The maximum Gasteiger partial charge on any atom is 0.144 e. The third-order valence-electron chi connectivity index (χ3n) is 7.77. The van der Waals surface area contributed by atoms with Crippen molar-refractivity contribution in [2.75, 3.05) is 0 Å². The Labute approximate surface area is 264 Å². The summed E-state index contributed by atoms with van der Waals surface area (Å²) >= 11 is 0. The van der Waals surface area contributed by atoms with Crippen molar-refractivity contribution in [3.63, 3.8) is 0 Å². The summed E-state index contributed by atoms with van der Waals surface area (Å²) in [5, 5.41) is 5.33. The van der Waals surface area contributed by atoms with Gasteiger partial charge >= 0.3 is 0 Å². The van der Waals surface area contributed by atoms with Crippen LogP contribution in [0, 0.1) is 0 Å². The second kappa shape index (κ2) is 12.8. The molecule has 1 heterocycles. The van der Waals surface area contributed by atoms with Gasteiger partial charge in [0.05, 0.1) is 11.4 Å². The quantitative estimate of drug-likeness (QED) is 0.244. The standard InChI is InChI=1S/C39H30N2P.BrH/c1-6-16-30(17-7-1)37-38(31-18-8-2-9-19-31)41-39(40-37)32-26-28-36(29-27-32)42(33-20-10-3-11-21-33,34-22-12-4-13-23-34)35-24-14-5-15-25-35;/h1-29H,(H,40,41);1H/q+1;/p-1. The highest BCUT2D eigenvalue weighted by atomic mass is 79.9. The molecule has 43 heavy (non-hydrogen) atoms. The molecule has 208 valence electrons. The predicted octanol–water partition coefficient (Wildman–Crippen LogP) is 5.03. The van der Waals surface area contributed by atoms with E-state index in [1.54, 1.807) is 0 Å². The molecule has 0 bridgehead atoms. The molecule has 1 aromatic heterocycles. The Bertz CT molecular complexity index is 1740. The second-order valence-electron chi connectivity index (χ2n) is 10.3. The number of aromatic nitrogens is 2. The smallest absolute Gasteiger partial charge is 0.144 e. The van der Waals surface area contributed by atoms with Gasteiger partial charge < -0.3 is 22.0 Å². The molecule has 0 aliphatic heterocycles. The zero-order chi connectivity index (χ0) is 28.2. The number of nitrogens with zero attached hydrogens (tertiary/aromatic N) is 1. The van der Waals surface area contributed by atoms with Crippen molar-refractivity contribution in [2.45, 2.75) is 0 Å². The van der Waals surface area contributed by atoms with Crippen LogP contribution in [0.3, 0.4) is 0 Å². The average molecular weight is 638 g/mol. The summed E-state index contributed by atoms with van der Waals surface area (Å²) in [5.74, 6) is 0.863. The Morgan fingerprint density at radius 2 is 0.744 bits per heavy atom. The average Bonchev–Trinajstić information content (AvgIpc) is 3.54. The molecule has 6 aromatic carbocycles. The number of aromatic amines is 1. The first-order chi connectivity index (χ1) is 20.8. The maximum atomic E-state index is 5.15. The van der Waals surface area contributed by atoms with Gasteiger partial charge in [0.15, 0.2) is 0 Å². The maximum absolute atomic E-state index is 5.15. The lowest BCUT2D eigenvalue weighted by Crippen LogP contribution is -3.00. The summed E-state index contributed by atoms with van der Waals surface area (Å²) in [4.78, 5) is 8.81. The van der Waals surface area contributed by atoms with Gasteiger partial charge in [-0.25, -0.2) is 4.98 Å². The van der Waals surface area contributed by atoms with Gasteiger partial charge in [0.1, 0.15) is 34.3 Å². The predicted molar refractivity (Wildman–Crippen MR) is 180 cm³/mol. The summed E-state index contributed by atoms with van der Waals surface area (Å²) in [6.07, 6.45) is 0. The van der Waals surface area contributed by atoms with E-state index in [0.29, 0.717) is 0 Å². The molecule has 0 saturated carbocycles. The third kappa shape index (κ3) is 5.39. The van der Waals surface area contributed by atoms with Crippen molar-refractivity contribution in [2.24, 2.45) is 0 Å². The molecule has 0 amide bonds. The van der Waals surface area contributed by atoms with Crippen LogP contribution < -0.4 is 38.2 Å². The first-order valence-corrected chi connectivity index (χ1v) is 16.0. The van der Waals surface area contributed by atoms with Crippen molar-refractivity contribution in [3.8, 4) is 33.9 Å². The minimum Gasteiger partial charge on any atom is -1.00 e. The van der Waals surface area contributed by atoms with E-state index in [1.807, 2.05) is 12.1 Å². The van der Waals surface area contributed by atoms with E-state index in [4.69, 9.17) is 4.98 Å². The van der Waals surface area contributed by atoms with Crippen LogP contribution in [0.15, 0.2) is 176 Å². The SMILES string of the molecule is [Br-].c1ccc(-c2nc(-c3ccc([P+](c4ccccc4)(c4ccccc4)c4ccccc4)cc3)[nH]c2-c2ccccc2)cc1. The first-order valence-electron chi connectivity index (χ1n) is 14.2. The molecule has 2 nitrogen and oxygen atoms in total. The second-order valence-corrected chi connectivity index (χ2v) is 13.7. The Balaban J connectivity index is 0.00000329. The van der Waals surface area contributed by atoms with E-state index in [-0.39, 0.29) is 17.0 Å². The molecular weight excluding hydrogens is 607 g/mol. The topological polar surface area (TPSA) is 28.7 Å². The van der Waals surface area contributed by atoms with Crippen LogP contribution in [-0.4, -0.2) is 9.97 Å². The largest absolute Gasteiger partial charge is 1.00 e. The van der Waals surface area contributed by atoms with Crippen LogP contribution >= 0.6 is 7.26 Å². The Morgan fingerprint density at radius 1 is 0.372 bits per heavy atom. The van der Waals surface area contributed by atoms with Gasteiger partial charge in [-0.1, -0.05) is 115 Å². The number of halogens is 1. The number of H-pyrrole nitrogens is 1. The minimum atomic E-state index is -2.15. The van der Waals surface area contributed by atoms with E-state index in [2.05, 4.69) is 169 Å². The lowest BCUT2D eigenvalue weighted by molar-refractivity contribution is -0.00000806. The fourth-order valence-corrected chi connectivity index (χ4v) is 10.1. The van der Waals surface area contributed by atoms with Gasteiger partial charge in [0.25, 0.3) is 0 Å². The van der Waals surface area contributed by atoms with E-state index >= 15 is 0 Å². The number of hydrogen-bond acceptors (Lipinski definition) is 1. The highest BCUT2D eigenvalue weighted by Gasteiger charge is 2.47. The molecule has 0 unspecified atom stereocenters. The number of nitrogens with one attached hydrogen (secondary N) is 1. The summed E-state index contributed by atoms with van der Waals surface area (Å²) < 4.78 is 0. The summed E-state index contributed by atoms with van der Waals surface area (Å²) in [6.45, 7) is 0. The number of hydrogen-bond donors (Lipinski definition) is 1. The van der Waals surface area contributed by atoms with Gasteiger partial charge in [-0.2, -0.15) is 0 Å². The molecule has 0 fully saturated rings. The highest BCUT2D eigenvalue weighted by Crippen LogP contribution is 2.54. The summed E-state index contributed by atoms with van der Waals surface area (Å²) in [7, 11) is -2.15. The van der Waals surface area contributed by atoms with Crippen molar-refractivity contribution < 1.29 is 17.0 Å². The van der Waals surface area contributed by atoms with E-state index in [0.717, 1.165) is 33.9 Å². The molecule has 0 atom stereocenters. The highest BCUT2D eigenvalue weighted by molar-refractivity contribution is 8.01. The molecule has 0 aliphatic rings. The molecule has 1 N–H and O–H groups in total. The number of benzene rings is 6. The molecule has 0 radical (unpaired) electrons. The summed E-state index contributed by atoms with van der Waals surface area (Å²) in [5.41, 5.74) is 5.26. The molecule has 0 spiro atoms. The molecule has 4 heteroatoms. The van der Waals surface area contributed by atoms with Crippen LogP contribution in [0.2, 0.25) is 0 Å². The zero-order valence-corrected chi connectivity index (χ0v) is 26.0. The number of imidazole rings is 1. The normalized spacial score (nSPS) is 11.1. The van der Waals surface area contributed by atoms with Gasteiger partial charge in [0, 0.05) is 16.7 Å². The zero-order valence-electron chi connectivity index (χ0n) is 23.5. The van der Waals surface area contributed by atoms with Crippen LogP contribution in [0.4, 0.5) is 0 Å². The lowest BCUT2D eigenvalue weighted by Gasteiger charge is -2.27. The Kier molecular flexibility index (Phi) is 8.47. The van der Waals surface area contributed by atoms with E-state index < -0.39 is 7.26 Å². The fourth-order valence-electron chi connectivity index (χ4n) is 5.82. The Hall–Kier alpha value is -4.56. The van der Waals surface area contributed by atoms with Crippen molar-refractivity contribution in [3.05, 3.63) is 176 Å². The molecule has 7 rings (SSSR count). The van der Waals surface area contributed by atoms with E-state index in [1.165, 1.54) is 21.2 Å². The summed E-state index contributed by atoms with van der Waals surface area (Å²) in [6, 6.07) is 62.9. The minimum absolute atomic E-state index is 0. The molecule has 0 saturated heterocycles. The molecular formula is C39H30BrN2P. The molecule has 0 aliphatic carbocycles. The van der Waals surface area contributed by atoms with Gasteiger partial charge in [-0.3, -0.25) is 0 Å². The molecule has 7 aromatic rings. The van der Waals surface area contributed by atoms with E-state index in [9.17, 15) is 0 Å². The van der Waals surface area contributed by atoms with Crippen LogP contribution in [0.25, 0.3) is 33.9 Å². The van der Waals surface area contributed by atoms with Gasteiger partial charge in [0.2, 0.25) is 0 Å². The Morgan fingerprint density at radius 3 is 1.19 bits per heavy atom. The van der Waals surface area contributed by atoms with Crippen LogP contribution in [0.5, 0.6) is 0 Å². The van der Waals surface area contributed by atoms with Crippen molar-refractivity contribution >= 4 is 28.5 Å².